The van der Waals surface area contributed by atoms with Crippen molar-refractivity contribution in [3.63, 3.8) is 0 Å². The lowest BCUT2D eigenvalue weighted by atomic mass is 10.0. The maximum atomic E-state index is 12.4. The van der Waals surface area contributed by atoms with Gasteiger partial charge in [0.05, 0.1) is 6.10 Å². The minimum atomic E-state index is -1.43. The van der Waals surface area contributed by atoms with Crippen molar-refractivity contribution in [2.24, 2.45) is 0 Å². The summed E-state index contributed by atoms with van der Waals surface area (Å²) in [4.78, 5) is 26.8. The number of amides is 1. The van der Waals surface area contributed by atoms with Crippen LogP contribution in [-0.4, -0.2) is 39.2 Å². The van der Waals surface area contributed by atoms with Gasteiger partial charge in [0.15, 0.2) is 6.04 Å². The zero-order valence-corrected chi connectivity index (χ0v) is 14.4. The molecule has 2 aromatic carbocycles. The van der Waals surface area contributed by atoms with E-state index in [1.165, 1.54) is 0 Å². The van der Waals surface area contributed by atoms with Gasteiger partial charge in [0, 0.05) is 22.3 Å². The van der Waals surface area contributed by atoms with E-state index in [1.54, 1.807) is 48.5 Å². The number of carboxylic acid groups (broad SMARTS) is 1. The van der Waals surface area contributed by atoms with E-state index in [0.29, 0.717) is 10.5 Å². The van der Waals surface area contributed by atoms with Crippen molar-refractivity contribution in [3.05, 3.63) is 70.9 Å². The van der Waals surface area contributed by atoms with Crippen molar-refractivity contribution in [1.82, 2.24) is 10.3 Å². The Bertz CT molecular complexity index is 939. The van der Waals surface area contributed by atoms with Gasteiger partial charge >= 0.3 is 5.97 Å². The van der Waals surface area contributed by atoms with Gasteiger partial charge in [-0.3, -0.25) is 4.79 Å². The Balaban J connectivity index is 1.75. The highest BCUT2D eigenvalue weighted by atomic mass is 35.5. The topological polar surface area (TPSA) is 102 Å². The molecule has 0 aliphatic rings. The Hall–Kier alpha value is -2.83. The number of aliphatic hydroxyl groups is 1. The first-order chi connectivity index (χ1) is 12.4. The number of fused-ring (bicyclic) bond motifs is 1. The lowest BCUT2D eigenvalue weighted by molar-refractivity contribution is -0.142. The molecule has 1 aromatic heterocycles. The molecule has 0 saturated carbocycles. The normalized spacial score (nSPS) is 13.3. The Morgan fingerprint density at radius 2 is 1.85 bits per heavy atom. The molecule has 0 unspecified atom stereocenters. The number of aliphatic carboxylic acids is 1. The number of carbonyl (C=O) groups excluding carboxylic acids is 1. The van der Waals surface area contributed by atoms with Crippen LogP contribution in [0, 0.1) is 0 Å². The number of aromatic amines is 1. The third-order valence-electron chi connectivity index (χ3n) is 4.05. The van der Waals surface area contributed by atoms with E-state index in [0.717, 1.165) is 10.9 Å². The first-order valence-electron chi connectivity index (χ1n) is 7.98. The van der Waals surface area contributed by atoms with E-state index in [2.05, 4.69) is 10.3 Å². The first kappa shape index (κ1) is 18.0. The molecule has 3 aromatic rings. The number of rotatable bonds is 6. The molecule has 3 rings (SSSR count). The summed E-state index contributed by atoms with van der Waals surface area (Å²) in [5, 5.41) is 23.3. The number of benzene rings is 2. The zero-order valence-electron chi connectivity index (χ0n) is 13.6. The lowest BCUT2D eigenvalue weighted by Gasteiger charge is -2.20. The number of hydrogen-bond donors (Lipinski definition) is 4. The highest BCUT2D eigenvalue weighted by Crippen LogP contribution is 2.20. The van der Waals surface area contributed by atoms with Crippen molar-refractivity contribution < 1.29 is 19.8 Å². The summed E-state index contributed by atoms with van der Waals surface area (Å²) in [5.41, 5.74) is 1.68. The van der Waals surface area contributed by atoms with E-state index in [1.807, 2.05) is 6.07 Å². The van der Waals surface area contributed by atoms with Crippen LogP contribution >= 0.6 is 11.6 Å². The molecule has 1 amide bonds. The van der Waals surface area contributed by atoms with Gasteiger partial charge in [0.25, 0.3) is 5.91 Å². The summed E-state index contributed by atoms with van der Waals surface area (Å²) in [7, 11) is 0. The SMILES string of the molecule is O=C(N[C@H](C(=O)O)[C@@H](O)Cc1ccccc1)c1cc2cc(Cl)ccc2[nH]1. The summed E-state index contributed by atoms with van der Waals surface area (Å²) in [6.07, 6.45) is -1.15. The molecule has 0 aliphatic heterocycles. The van der Waals surface area contributed by atoms with Gasteiger partial charge in [0.1, 0.15) is 5.69 Å². The fourth-order valence-electron chi connectivity index (χ4n) is 2.74. The van der Waals surface area contributed by atoms with Crippen LogP contribution in [0.5, 0.6) is 0 Å². The summed E-state index contributed by atoms with van der Waals surface area (Å²) >= 11 is 5.93. The molecular weight excluding hydrogens is 356 g/mol. The molecule has 4 N–H and O–H groups in total. The Morgan fingerprint density at radius 3 is 2.54 bits per heavy atom. The third kappa shape index (κ3) is 4.04. The molecule has 2 atom stereocenters. The average Bonchev–Trinajstić information content (AvgIpc) is 3.03. The second-order valence-electron chi connectivity index (χ2n) is 5.96. The fraction of sp³-hybridized carbons (Fsp3) is 0.158. The number of aliphatic hydroxyl groups excluding tert-OH is 1. The molecule has 0 fully saturated rings. The number of nitrogens with one attached hydrogen (secondary N) is 2. The van der Waals surface area contributed by atoms with Gasteiger partial charge in [-0.15, -0.1) is 0 Å². The third-order valence-corrected chi connectivity index (χ3v) is 4.29. The predicted molar refractivity (Wildman–Crippen MR) is 98.4 cm³/mol. The molecule has 26 heavy (non-hydrogen) atoms. The molecule has 0 spiro atoms. The second kappa shape index (κ2) is 7.59. The van der Waals surface area contributed by atoms with Gasteiger partial charge in [-0.25, -0.2) is 4.79 Å². The second-order valence-corrected chi connectivity index (χ2v) is 6.40. The van der Waals surface area contributed by atoms with Gasteiger partial charge in [0.2, 0.25) is 0 Å². The standard InChI is InChI=1S/C19H17ClN2O4/c20-13-6-7-14-12(9-13)10-15(21-14)18(24)22-17(19(25)26)16(23)8-11-4-2-1-3-5-11/h1-7,9-10,16-17,21,23H,8H2,(H,22,24)(H,25,26)/t16-,17-/m0/s1. The number of aromatic nitrogens is 1. The number of halogens is 1. The van der Waals surface area contributed by atoms with Crippen LogP contribution in [0.1, 0.15) is 16.1 Å². The van der Waals surface area contributed by atoms with Crippen molar-refractivity contribution in [1.29, 1.82) is 0 Å². The Morgan fingerprint density at radius 1 is 1.12 bits per heavy atom. The maximum Gasteiger partial charge on any atom is 0.328 e. The van der Waals surface area contributed by atoms with E-state index in [9.17, 15) is 19.8 Å². The molecule has 0 bridgehead atoms. The molecule has 6 nitrogen and oxygen atoms in total. The minimum absolute atomic E-state index is 0.112. The molecule has 0 radical (unpaired) electrons. The van der Waals surface area contributed by atoms with Gasteiger partial charge in [-0.05, 0) is 29.8 Å². The van der Waals surface area contributed by atoms with Gasteiger partial charge in [-0.1, -0.05) is 41.9 Å². The Kier molecular flexibility index (Phi) is 5.25. The maximum absolute atomic E-state index is 12.4. The molecule has 134 valence electrons. The average molecular weight is 373 g/mol. The fourth-order valence-corrected chi connectivity index (χ4v) is 2.92. The van der Waals surface area contributed by atoms with Crippen molar-refractivity contribution in [3.8, 4) is 0 Å². The predicted octanol–water partition coefficient (Wildman–Crippen LogP) is 2.61. The van der Waals surface area contributed by atoms with Crippen LogP contribution in [-0.2, 0) is 11.2 Å². The summed E-state index contributed by atoms with van der Waals surface area (Å²) in [6, 6.07) is 14.3. The monoisotopic (exact) mass is 372 g/mol. The van der Waals surface area contributed by atoms with E-state index >= 15 is 0 Å². The largest absolute Gasteiger partial charge is 0.480 e. The molecule has 0 saturated heterocycles. The highest BCUT2D eigenvalue weighted by Gasteiger charge is 2.29. The molecule has 7 heteroatoms. The first-order valence-corrected chi connectivity index (χ1v) is 8.36. The Labute approximate surface area is 154 Å². The van der Waals surface area contributed by atoms with Crippen LogP contribution < -0.4 is 5.32 Å². The van der Waals surface area contributed by atoms with Crippen molar-refractivity contribution >= 4 is 34.4 Å². The number of carbonyl (C=O) groups is 2. The van der Waals surface area contributed by atoms with E-state index in [4.69, 9.17) is 11.6 Å². The smallest absolute Gasteiger partial charge is 0.328 e. The molecular formula is C19H17ClN2O4. The van der Waals surface area contributed by atoms with Crippen molar-refractivity contribution in [2.75, 3.05) is 0 Å². The number of H-pyrrole nitrogens is 1. The zero-order chi connectivity index (χ0) is 18.7. The lowest BCUT2D eigenvalue weighted by Crippen LogP contribution is -2.49. The van der Waals surface area contributed by atoms with Crippen molar-refractivity contribution in [2.45, 2.75) is 18.6 Å². The summed E-state index contributed by atoms with van der Waals surface area (Å²) < 4.78 is 0. The van der Waals surface area contributed by atoms with Crippen LogP contribution in [0.15, 0.2) is 54.6 Å². The quantitative estimate of drug-likeness (QED) is 0.534. The van der Waals surface area contributed by atoms with Crippen LogP contribution in [0.2, 0.25) is 5.02 Å². The van der Waals surface area contributed by atoms with Crippen LogP contribution in [0.3, 0.4) is 0 Å². The minimum Gasteiger partial charge on any atom is -0.480 e. The summed E-state index contributed by atoms with van der Waals surface area (Å²) in [6.45, 7) is 0. The van der Waals surface area contributed by atoms with Crippen LogP contribution in [0.25, 0.3) is 10.9 Å². The van der Waals surface area contributed by atoms with Gasteiger partial charge < -0.3 is 20.5 Å². The van der Waals surface area contributed by atoms with Crippen LogP contribution in [0.4, 0.5) is 0 Å². The van der Waals surface area contributed by atoms with E-state index < -0.39 is 24.0 Å². The number of hydrogen-bond acceptors (Lipinski definition) is 3. The molecule has 0 aliphatic carbocycles. The van der Waals surface area contributed by atoms with Gasteiger partial charge in [-0.2, -0.15) is 0 Å². The highest BCUT2D eigenvalue weighted by molar-refractivity contribution is 6.31. The summed E-state index contributed by atoms with van der Waals surface area (Å²) in [5.74, 6) is -1.92. The molecule has 1 heterocycles. The number of carboxylic acids is 1. The van der Waals surface area contributed by atoms with E-state index in [-0.39, 0.29) is 12.1 Å².